The number of aryl methyl sites for hydroxylation is 1. The van der Waals surface area contributed by atoms with Gasteiger partial charge >= 0.3 is 0 Å². The molecule has 5 heteroatoms. The van der Waals surface area contributed by atoms with Crippen LogP contribution < -0.4 is 4.72 Å². The van der Waals surface area contributed by atoms with Crippen molar-refractivity contribution in [3.05, 3.63) is 59.7 Å². The third-order valence-electron chi connectivity index (χ3n) is 2.77. The number of hydrogen-bond acceptors (Lipinski definition) is 3. The SMILES string of the molecule is Cc1ccc(S(=O)(=O)Nc2ccccc2C#CC=O)cc1. The molecule has 0 bridgehead atoms. The van der Waals surface area contributed by atoms with Gasteiger partial charge in [-0.3, -0.25) is 9.52 Å². The molecule has 1 N–H and O–H groups in total. The van der Waals surface area contributed by atoms with Gasteiger partial charge in [-0.2, -0.15) is 0 Å². The van der Waals surface area contributed by atoms with Crippen molar-refractivity contribution in [3.63, 3.8) is 0 Å². The molecule has 0 radical (unpaired) electrons. The van der Waals surface area contributed by atoms with Crippen molar-refractivity contribution in [2.75, 3.05) is 4.72 Å². The van der Waals surface area contributed by atoms with Gasteiger partial charge in [-0.05, 0) is 37.1 Å². The third kappa shape index (κ3) is 3.71. The molecule has 0 aliphatic heterocycles. The van der Waals surface area contributed by atoms with Crippen LogP contribution in [0.5, 0.6) is 0 Å². The predicted octanol–water partition coefficient (Wildman–Crippen LogP) is 2.35. The Kier molecular flexibility index (Phi) is 4.41. The van der Waals surface area contributed by atoms with Gasteiger partial charge in [0.2, 0.25) is 0 Å². The molecule has 0 atom stereocenters. The van der Waals surface area contributed by atoms with Crippen LogP contribution in [0.1, 0.15) is 11.1 Å². The number of hydrogen-bond donors (Lipinski definition) is 1. The molecule has 0 spiro atoms. The fourth-order valence-corrected chi connectivity index (χ4v) is 2.79. The molecule has 21 heavy (non-hydrogen) atoms. The molecule has 2 aromatic rings. The molecule has 2 aromatic carbocycles. The Morgan fingerprint density at radius 3 is 2.38 bits per heavy atom. The Morgan fingerprint density at radius 2 is 1.71 bits per heavy atom. The minimum Gasteiger partial charge on any atom is -0.289 e. The van der Waals surface area contributed by atoms with Gasteiger partial charge in [0.15, 0.2) is 6.29 Å². The van der Waals surface area contributed by atoms with E-state index in [-0.39, 0.29) is 4.90 Å². The van der Waals surface area contributed by atoms with Gasteiger partial charge < -0.3 is 0 Å². The van der Waals surface area contributed by atoms with Gasteiger partial charge in [-0.25, -0.2) is 8.42 Å². The molecule has 0 fully saturated rings. The molecule has 0 unspecified atom stereocenters. The van der Waals surface area contributed by atoms with Gasteiger partial charge in [0.1, 0.15) is 0 Å². The number of benzene rings is 2. The zero-order chi connectivity index (χ0) is 15.3. The highest BCUT2D eigenvalue weighted by atomic mass is 32.2. The lowest BCUT2D eigenvalue weighted by Gasteiger charge is -2.10. The summed E-state index contributed by atoms with van der Waals surface area (Å²) in [5, 5.41) is 0. The second-order valence-corrected chi connectivity index (χ2v) is 6.03. The van der Waals surface area contributed by atoms with Gasteiger partial charge in [-0.15, -0.1) is 0 Å². The van der Waals surface area contributed by atoms with E-state index in [0.29, 0.717) is 17.5 Å². The lowest BCUT2D eigenvalue weighted by atomic mass is 10.2. The first-order valence-electron chi connectivity index (χ1n) is 6.16. The van der Waals surface area contributed by atoms with Crippen LogP contribution in [0.25, 0.3) is 0 Å². The fourth-order valence-electron chi connectivity index (χ4n) is 1.71. The number of aldehydes is 1. The van der Waals surface area contributed by atoms with Crippen LogP contribution >= 0.6 is 0 Å². The molecule has 0 aromatic heterocycles. The zero-order valence-corrected chi connectivity index (χ0v) is 12.1. The van der Waals surface area contributed by atoms with E-state index in [1.54, 1.807) is 36.4 Å². The molecule has 106 valence electrons. The van der Waals surface area contributed by atoms with E-state index >= 15 is 0 Å². The molecule has 0 saturated heterocycles. The lowest BCUT2D eigenvalue weighted by molar-refractivity contribution is -0.103. The average Bonchev–Trinajstić information content (AvgIpc) is 2.46. The van der Waals surface area contributed by atoms with Crippen LogP contribution in [0, 0.1) is 18.8 Å². The van der Waals surface area contributed by atoms with Crippen molar-refractivity contribution in [2.45, 2.75) is 11.8 Å². The largest absolute Gasteiger partial charge is 0.289 e. The Labute approximate surface area is 123 Å². The topological polar surface area (TPSA) is 63.2 Å². The minimum atomic E-state index is -3.68. The summed E-state index contributed by atoms with van der Waals surface area (Å²) in [5.74, 6) is 4.87. The summed E-state index contributed by atoms with van der Waals surface area (Å²) >= 11 is 0. The number of rotatable bonds is 3. The maximum atomic E-state index is 12.3. The normalized spacial score (nSPS) is 10.3. The van der Waals surface area contributed by atoms with E-state index in [0.717, 1.165) is 5.56 Å². The molecule has 0 heterocycles. The third-order valence-corrected chi connectivity index (χ3v) is 4.15. The lowest BCUT2D eigenvalue weighted by Crippen LogP contribution is -2.13. The summed E-state index contributed by atoms with van der Waals surface area (Å²) in [6.07, 6.45) is 0.464. The quantitative estimate of drug-likeness (QED) is 0.699. The Balaban J connectivity index is 2.37. The van der Waals surface area contributed by atoms with E-state index in [1.165, 1.54) is 12.1 Å². The first-order valence-corrected chi connectivity index (χ1v) is 7.65. The van der Waals surface area contributed by atoms with Gasteiger partial charge in [-0.1, -0.05) is 35.7 Å². The van der Waals surface area contributed by atoms with Crippen molar-refractivity contribution in [3.8, 4) is 11.8 Å². The molecule has 0 amide bonds. The van der Waals surface area contributed by atoms with Gasteiger partial charge in [0.05, 0.1) is 10.6 Å². The fraction of sp³-hybridized carbons (Fsp3) is 0.0625. The van der Waals surface area contributed by atoms with Crippen LogP contribution in [-0.4, -0.2) is 14.7 Å². The number of para-hydroxylation sites is 1. The summed E-state index contributed by atoms with van der Waals surface area (Å²) in [6.45, 7) is 1.88. The number of anilines is 1. The molecule has 2 rings (SSSR count). The number of carbonyl (C=O) groups is 1. The smallest absolute Gasteiger partial charge is 0.261 e. The summed E-state index contributed by atoms with van der Waals surface area (Å²) < 4.78 is 27.1. The van der Waals surface area contributed by atoms with E-state index in [2.05, 4.69) is 16.6 Å². The predicted molar refractivity (Wildman–Crippen MR) is 81.4 cm³/mol. The second-order valence-electron chi connectivity index (χ2n) is 4.35. The van der Waals surface area contributed by atoms with E-state index in [9.17, 15) is 13.2 Å². The van der Waals surface area contributed by atoms with Crippen LogP contribution in [0.2, 0.25) is 0 Å². The molecule has 0 aliphatic rings. The first-order chi connectivity index (χ1) is 10.0. The van der Waals surface area contributed by atoms with Crippen LogP contribution in [-0.2, 0) is 14.8 Å². The van der Waals surface area contributed by atoms with Crippen LogP contribution in [0.3, 0.4) is 0 Å². The Hall–Kier alpha value is -2.58. The average molecular weight is 299 g/mol. The number of carbonyl (C=O) groups excluding carboxylic acids is 1. The standard InChI is InChI=1S/C16H13NO3S/c1-13-8-10-15(11-9-13)21(19,20)17-16-7-3-2-5-14(16)6-4-12-18/h2-3,5,7-12,17H,1H3. The van der Waals surface area contributed by atoms with E-state index < -0.39 is 10.0 Å². The first kappa shape index (κ1) is 14.8. The highest BCUT2D eigenvalue weighted by Crippen LogP contribution is 2.19. The van der Waals surface area contributed by atoms with Crippen molar-refractivity contribution in [1.82, 2.24) is 0 Å². The maximum Gasteiger partial charge on any atom is 0.261 e. The molecular formula is C16H13NO3S. The minimum absolute atomic E-state index is 0.172. The van der Waals surface area contributed by atoms with E-state index in [1.807, 2.05) is 6.92 Å². The highest BCUT2D eigenvalue weighted by molar-refractivity contribution is 7.92. The maximum absolute atomic E-state index is 12.3. The summed E-state index contributed by atoms with van der Waals surface area (Å²) in [5.41, 5.74) is 1.76. The zero-order valence-electron chi connectivity index (χ0n) is 11.3. The van der Waals surface area contributed by atoms with E-state index in [4.69, 9.17) is 0 Å². The molecule has 4 nitrogen and oxygen atoms in total. The van der Waals surface area contributed by atoms with Crippen molar-refractivity contribution in [2.24, 2.45) is 0 Å². The van der Waals surface area contributed by atoms with Crippen LogP contribution in [0.4, 0.5) is 5.69 Å². The molecule has 0 saturated carbocycles. The highest BCUT2D eigenvalue weighted by Gasteiger charge is 2.15. The number of sulfonamides is 1. The number of nitrogens with one attached hydrogen (secondary N) is 1. The summed E-state index contributed by atoms with van der Waals surface area (Å²) in [7, 11) is -3.68. The monoisotopic (exact) mass is 299 g/mol. The van der Waals surface area contributed by atoms with Crippen LogP contribution in [0.15, 0.2) is 53.4 Å². The van der Waals surface area contributed by atoms with Crippen molar-refractivity contribution >= 4 is 22.0 Å². The van der Waals surface area contributed by atoms with Crippen molar-refractivity contribution < 1.29 is 13.2 Å². The Morgan fingerprint density at radius 1 is 1.05 bits per heavy atom. The van der Waals surface area contributed by atoms with Gasteiger partial charge in [0.25, 0.3) is 10.0 Å². The second kappa shape index (κ2) is 6.25. The molecule has 0 aliphatic carbocycles. The molecular weight excluding hydrogens is 286 g/mol. The van der Waals surface area contributed by atoms with Gasteiger partial charge in [0, 0.05) is 5.56 Å². The van der Waals surface area contributed by atoms with Crippen molar-refractivity contribution in [1.29, 1.82) is 0 Å². The Bertz CT molecular complexity index is 813. The summed E-state index contributed by atoms with van der Waals surface area (Å²) in [6, 6.07) is 13.2. The summed E-state index contributed by atoms with van der Waals surface area (Å²) in [4.78, 5) is 10.5.